The minimum Gasteiger partial charge on any atom is -0.493 e. The van der Waals surface area contributed by atoms with Crippen LogP contribution in [-0.2, 0) is 19.1 Å². The fourth-order valence-corrected chi connectivity index (χ4v) is 2.46. The Kier molecular flexibility index (Phi) is 6.93. The number of hydrazine groups is 1. The van der Waals surface area contributed by atoms with Gasteiger partial charge in [-0.3, -0.25) is 20.4 Å². The van der Waals surface area contributed by atoms with Crippen molar-refractivity contribution in [3.8, 4) is 23.0 Å². The standard InChI is InChI=1S/C20H20N2O8/c1-26-13-6-2-3-7-14(13)28-12-19(24)29-11-18(23)21-22-20(25)17-10-27-15-8-4-5-9-16(15)30-17/h2-9,17H,10-12H2,1H3,(H,21,23)(H,22,25)/t17-/m0/s1. The molecule has 0 radical (unpaired) electrons. The van der Waals surface area contributed by atoms with Crippen LogP contribution in [0.4, 0.5) is 0 Å². The summed E-state index contributed by atoms with van der Waals surface area (Å²) in [7, 11) is 1.47. The van der Waals surface area contributed by atoms with Crippen LogP contribution in [0.5, 0.6) is 23.0 Å². The summed E-state index contributed by atoms with van der Waals surface area (Å²) in [6.45, 7) is -1.01. The maximum Gasteiger partial charge on any atom is 0.344 e. The molecule has 0 fully saturated rings. The molecule has 0 aliphatic carbocycles. The third-order valence-electron chi connectivity index (χ3n) is 3.90. The molecule has 0 unspecified atom stereocenters. The number of carbonyl (C=O) groups is 3. The number of nitrogens with one attached hydrogen (secondary N) is 2. The number of esters is 1. The average Bonchev–Trinajstić information content (AvgIpc) is 2.79. The Labute approximate surface area is 172 Å². The van der Waals surface area contributed by atoms with Crippen molar-refractivity contribution in [2.45, 2.75) is 6.10 Å². The predicted molar refractivity (Wildman–Crippen MR) is 102 cm³/mol. The lowest BCUT2D eigenvalue weighted by molar-refractivity contribution is -0.151. The van der Waals surface area contributed by atoms with E-state index in [-0.39, 0.29) is 6.61 Å². The Hall–Kier alpha value is -3.95. The second-order valence-electron chi connectivity index (χ2n) is 6.00. The number of carbonyl (C=O) groups excluding carboxylic acids is 3. The quantitative estimate of drug-likeness (QED) is 0.497. The number of fused-ring (bicyclic) bond motifs is 1. The molecule has 0 saturated carbocycles. The first-order valence-electron chi connectivity index (χ1n) is 8.95. The van der Waals surface area contributed by atoms with Gasteiger partial charge in [-0.1, -0.05) is 24.3 Å². The monoisotopic (exact) mass is 416 g/mol. The zero-order valence-electron chi connectivity index (χ0n) is 16.1. The second kappa shape index (κ2) is 10.0. The molecule has 2 N–H and O–H groups in total. The lowest BCUT2D eigenvalue weighted by Crippen LogP contribution is -2.51. The van der Waals surface area contributed by atoms with Crippen molar-refractivity contribution in [3.63, 3.8) is 0 Å². The number of benzene rings is 2. The molecular formula is C20H20N2O8. The summed E-state index contributed by atoms with van der Waals surface area (Å²) < 4.78 is 26.1. The first-order valence-corrected chi connectivity index (χ1v) is 8.95. The summed E-state index contributed by atoms with van der Waals surface area (Å²) in [4.78, 5) is 35.6. The van der Waals surface area contributed by atoms with Crippen LogP contribution in [0, 0.1) is 0 Å². The van der Waals surface area contributed by atoms with Gasteiger partial charge < -0.3 is 23.7 Å². The smallest absolute Gasteiger partial charge is 0.344 e. The summed E-state index contributed by atoms with van der Waals surface area (Å²) in [5, 5.41) is 0. The van der Waals surface area contributed by atoms with Gasteiger partial charge in [-0.05, 0) is 24.3 Å². The highest BCUT2D eigenvalue weighted by molar-refractivity contribution is 5.86. The van der Waals surface area contributed by atoms with Gasteiger partial charge >= 0.3 is 5.97 Å². The van der Waals surface area contributed by atoms with E-state index >= 15 is 0 Å². The molecule has 3 rings (SSSR count). The second-order valence-corrected chi connectivity index (χ2v) is 6.00. The van der Waals surface area contributed by atoms with Gasteiger partial charge in [-0.2, -0.15) is 0 Å². The van der Waals surface area contributed by atoms with Gasteiger partial charge in [0.2, 0.25) is 6.10 Å². The van der Waals surface area contributed by atoms with Crippen LogP contribution in [0.1, 0.15) is 0 Å². The molecular weight excluding hydrogens is 396 g/mol. The van der Waals surface area contributed by atoms with Gasteiger partial charge in [-0.15, -0.1) is 0 Å². The largest absolute Gasteiger partial charge is 0.493 e. The minimum atomic E-state index is -0.933. The van der Waals surface area contributed by atoms with Crippen LogP contribution in [0.15, 0.2) is 48.5 Å². The number of para-hydroxylation sites is 4. The van der Waals surface area contributed by atoms with Crippen LogP contribution < -0.4 is 29.8 Å². The maximum atomic E-state index is 12.1. The molecule has 1 atom stereocenters. The van der Waals surface area contributed by atoms with Crippen LogP contribution in [0.25, 0.3) is 0 Å². The molecule has 0 aromatic heterocycles. The molecule has 0 saturated heterocycles. The summed E-state index contributed by atoms with van der Waals surface area (Å²) in [6.07, 6.45) is -0.933. The van der Waals surface area contributed by atoms with Crippen molar-refractivity contribution in [2.24, 2.45) is 0 Å². The van der Waals surface area contributed by atoms with Crippen LogP contribution in [0.3, 0.4) is 0 Å². The van der Waals surface area contributed by atoms with E-state index in [0.717, 1.165) is 0 Å². The van der Waals surface area contributed by atoms with E-state index < -0.39 is 37.1 Å². The first-order chi connectivity index (χ1) is 14.6. The van der Waals surface area contributed by atoms with Crippen molar-refractivity contribution in [3.05, 3.63) is 48.5 Å². The molecule has 10 nitrogen and oxygen atoms in total. The lowest BCUT2D eigenvalue weighted by atomic mass is 10.2. The van der Waals surface area contributed by atoms with Gasteiger partial charge in [0.25, 0.3) is 11.8 Å². The van der Waals surface area contributed by atoms with Crippen molar-refractivity contribution >= 4 is 17.8 Å². The van der Waals surface area contributed by atoms with E-state index in [1.165, 1.54) is 7.11 Å². The summed E-state index contributed by atoms with van der Waals surface area (Å²) in [5.74, 6) is -0.308. The van der Waals surface area contributed by atoms with Gasteiger partial charge in [-0.25, -0.2) is 4.79 Å². The van der Waals surface area contributed by atoms with Gasteiger partial charge in [0.1, 0.15) is 6.61 Å². The molecule has 2 amide bonds. The van der Waals surface area contributed by atoms with Gasteiger partial charge in [0.05, 0.1) is 7.11 Å². The number of ether oxygens (including phenoxy) is 5. The minimum absolute atomic E-state index is 0.00596. The van der Waals surface area contributed by atoms with E-state index in [9.17, 15) is 14.4 Å². The van der Waals surface area contributed by atoms with Crippen molar-refractivity contribution in [2.75, 3.05) is 26.9 Å². The van der Waals surface area contributed by atoms with Gasteiger partial charge in [0, 0.05) is 0 Å². The Bertz CT molecular complexity index is 917. The highest BCUT2D eigenvalue weighted by Crippen LogP contribution is 2.30. The SMILES string of the molecule is COc1ccccc1OCC(=O)OCC(=O)NNC(=O)[C@@H]1COc2ccccc2O1. The third kappa shape index (κ3) is 5.53. The highest BCUT2D eigenvalue weighted by Gasteiger charge is 2.27. The molecule has 1 aliphatic heterocycles. The summed E-state index contributed by atoms with van der Waals surface area (Å²) in [6, 6.07) is 13.7. The molecule has 1 heterocycles. The molecule has 2 aromatic rings. The van der Waals surface area contributed by atoms with Crippen LogP contribution >= 0.6 is 0 Å². The number of methoxy groups -OCH3 is 1. The maximum absolute atomic E-state index is 12.1. The first kappa shape index (κ1) is 20.8. The number of hydrogen-bond acceptors (Lipinski definition) is 8. The van der Waals surface area contributed by atoms with Crippen LogP contribution in [-0.4, -0.2) is 50.8 Å². The lowest BCUT2D eigenvalue weighted by Gasteiger charge is -2.25. The Morgan fingerprint density at radius 2 is 1.67 bits per heavy atom. The Morgan fingerprint density at radius 1 is 0.967 bits per heavy atom. The van der Waals surface area contributed by atoms with E-state index in [2.05, 4.69) is 10.9 Å². The molecule has 0 bridgehead atoms. The highest BCUT2D eigenvalue weighted by atomic mass is 16.6. The van der Waals surface area contributed by atoms with E-state index in [1.807, 2.05) is 0 Å². The Morgan fingerprint density at radius 3 is 2.43 bits per heavy atom. The zero-order valence-corrected chi connectivity index (χ0v) is 16.1. The fraction of sp³-hybridized carbons (Fsp3) is 0.250. The number of rotatable bonds is 7. The predicted octanol–water partition coefficient (Wildman–Crippen LogP) is 0.605. The van der Waals surface area contributed by atoms with Crippen LogP contribution in [0.2, 0.25) is 0 Å². The zero-order chi connectivity index (χ0) is 21.3. The van der Waals surface area contributed by atoms with Gasteiger partial charge in [0.15, 0.2) is 36.2 Å². The average molecular weight is 416 g/mol. The van der Waals surface area contributed by atoms with E-state index in [1.54, 1.807) is 48.5 Å². The van der Waals surface area contributed by atoms with Crippen molar-refractivity contribution in [1.29, 1.82) is 0 Å². The Balaban J connectivity index is 1.35. The normalized spacial score (nSPS) is 14.2. The molecule has 10 heteroatoms. The van der Waals surface area contributed by atoms with E-state index in [4.69, 9.17) is 23.7 Å². The fourth-order valence-electron chi connectivity index (χ4n) is 2.46. The summed E-state index contributed by atoms with van der Waals surface area (Å²) in [5.41, 5.74) is 4.34. The van der Waals surface area contributed by atoms with E-state index in [0.29, 0.717) is 23.0 Å². The van der Waals surface area contributed by atoms with Crippen molar-refractivity contribution in [1.82, 2.24) is 10.9 Å². The molecule has 1 aliphatic rings. The number of amides is 2. The molecule has 158 valence electrons. The summed E-state index contributed by atoms with van der Waals surface area (Å²) >= 11 is 0. The molecule has 30 heavy (non-hydrogen) atoms. The van der Waals surface area contributed by atoms with Crippen molar-refractivity contribution < 1.29 is 38.1 Å². The number of hydrogen-bond donors (Lipinski definition) is 2. The molecule has 0 spiro atoms. The third-order valence-corrected chi connectivity index (χ3v) is 3.90. The molecule has 2 aromatic carbocycles. The topological polar surface area (TPSA) is 121 Å².